The molecule has 0 saturated carbocycles. The zero-order chi connectivity index (χ0) is 16.7. The lowest BCUT2D eigenvalue weighted by molar-refractivity contribution is -0.115. The maximum absolute atomic E-state index is 11.9. The standard InChI is InChI=1S/C17H18Cl2N2O2/c1-23-13-7-5-12(6-8-13)9-10-20-11-16(22)21-15-4-2-3-14(18)17(15)19/h2-8,20H,9-11H2,1H3,(H,21,22). The predicted molar refractivity (Wildman–Crippen MR) is 94.7 cm³/mol. The molecule has 2 aromatic rings. The highest BCUT2D eigenvalue weighted by Crippen LogP contribution is 2.29. The molecule has 0 aromatic heterocycles. The molecule has 0 aliphatic heterocycles. The van der Waals surface area contributed by atoms with Crippen LogP contribution >= 0.6 is 23.2 Å². The van der Waals surface area contributed by atoms with Gasteiger partial charge >= 0.3 is 0 Å². The molecule has 2 rings (SSSR count). The molecule has 0 atom stereocenters. The highest BCUT2D eigenvalue weighted by atomic mass is 35.5. The van der Waals surface area contributed by atoms with E-state index < -0.39 is 0 Å². The second-order valence-electron chi connectivity index (χ2n) is 4.92. The summed E-state index contributed by atoms with van der Waals surface area (Å²) in [6.07, 6.45) is 0.829. The van der Waals surface area contributed by atoms with Crippen molar-refractivity contribution in [1.29, 1.82) is 0 Å². The Labute approximate surface area is 145 Å². The average Bonchev–Trinajstić information content (AvgIpc) is 2.56. The third-order valence-electron chi connectivity index (χ3n) is 3.26. The molecule has 0 unspecified atom stereocenters. The molecule has 0 bridgehead atoms. The van der Waals surface area contributed by atoms with Crippen LogP contribution in [0.4, 0.5) is 5.69 Å². The van der Waals surface area contributed by atoms with Crippen LogP contribution in [0.2, 0.25) is 10.0 Å². The van der Waals surface area contributed by atoms with Gasteiger partial charge in [-0.15, -0.1) is 0 Å². The van der Waals surface area contributed by atoms with E-state index >= 15 is 0 Å². The summed E-state index contributed by atoms with van der Waals surface area (Å²) in [5.74, 6) is 0.670. The smallest absolute Gasteiger partial charge is 0.238 e. The van der Waals surface area contributed by atoms with E-state index in [0.29, 0.717) is 22.3 Å². The van der Waals surface area contributed by atoms with Crippen molar-refractivity contribution in [2.24, 2.45) is 0 Å². The molecule has 0 saturated heterocycles. The van der Waals surface area contributed by atoms with Gasteiger partial charge in [0.05, 0.1) is 29.4 Å². The van der Waals surface area contributed by atoms with Gasteiger partial charge < -0.3 is 15.4 Å². The van der Waals surface area contributed by atoms with E-state index in [0.717, 1.165) is 12.2 Å². The predicted octanol–water partition coefficient (Wildman–Crippen LogP) is 3.77. The quantitative estimate of drug-likeness (QED) is 0.745. The Balaban J connectivity index is 1.73. The fraction of sp³-hybridized carbons (Fsp3) is 0.235. The Hall–Kier alpha value is -1.75. The molecule has 6 heteroatoms. The van der Waals surface area contributed by atoms with Crippen molar-refractivity contribution in [2.75, 3.05) is 25.5 Å². The number of carbonyl (C=O) groups is 1. The van der Waals surface area contributed by atoms with Gasteiger partial charge in [-0.2, -0.15) is 0 Å². The lowest BCUT2D eigenvalue weighted by Gasteiger charge is -2.09. The zero-order valence-corrected chi connectivity index (χ0v) is 14.2. The largest absolute Gasteiger partial charge is 0.497 e. The molecule has 0 aliphatic rings. The molecule has 0 fully saturated rings. The SMILES string of the molecule is COc1ccc(CCNCC(=O)Nc2cccc(Cl)c2Cl)cc1. The average molecular weight is 353 g/mol. The first-order valence-corrected chi connectivity index (χ1v) is 7.93. The van der Waals surface area contributed by atoms with Gasteiger partial charge in [0.25, 0.3) is 0 Å². The van der Waals surface area contributed by atoms with Crippen LogP contribution in [-0.2, 0) is 11.2 Å². The van der Waals surface area contributed by atoms with E-state index in [1.54, 1.807) is 25.3 Å². The maximum Gasteiger partial charge on any atom is 0.238 e. The first-order chi connectivity index (χ1) is 11.1. The summed E-state index contributed by atoms with van der Waals surface area (Å²) in [4.78, 5) is 11.9. The Morgan fingerprint density at radius 2 is 1.87 bits per heavy atom. The van der Waals surface area contributed by atoms with Gasteiger partial charge in [0, 0.05) is 0 Å². The van der Waals surface area contributed by atoms with Crippen LogP contribution < -0.4 is 15.4 Å². The topological polar surface area (TPSA) is 50.4 Å². The summed E-state index contributed by atoms with van der Waals surface area (Å²) in [5, 5.41) is 6.59. The van der Waals surface area contributed by atoms with Crippen molar-refractivity contribution in [1.82, 2.24) is 5.32 Å². The molecule has 0 radical (unpaired) electrons. The number of nitrogens with one attached hydrogen (secondary N) is 2. The monoisotopic (exact) mass is 352 g/mol. The van der Waals surface area contributed by atoms with Gasteiger partial charge in [-0.25, -0.2) is 0 Å². The molecule has 0 aliphatic carbocycles. The van der Waals surface area contributed by atoms with E-state index in [1.165, 1.54) is 5.56 Å². The van der Waals surface area contributed by atoms with Gasteiger partial charge in [0.1, 0.15) is 5.75 Å². The number of methoxy groups -OCH3 is 1. The molecule has 0 heterocycles. The number of ether oxygens (including phenoxy) is 1. The third kappa shape index (κ3) is 5.43. The normalized spacial score (nSPS) is 10.4. The van der Waals surface area contributed by atoms with E-state index in [-0.39, 0.29) is 12.5 Å². The maximum atomic E-state index is 11.9. The molecule has 2 N–H and O–H groups in total. The number of carbonyl (C=O) groups excluding carboxylic acids is 1. The van der Waals surface area contributed by atoms with Gasteiger partial charge in [0.2, 0.25) is 5.91 Å². The lowest BCUT2D eigenvalue weighted by Crippen LogP contribution is -2.29. The number of rotatable bonds is 7. The summed E-state index contributed by atoms with van der Waals surface area (Å²) in [5.41, 5.74) is 1.69. The molecule has 122 valence electrons. The number of hydrogen-bond acceptors (Lipinski definition) is 3. The highest BCUT2D eigenvalue weighted by Gasteiger charge is 2.07. The van der Waals surface area contributed by atoms with E-state index in [4.69, 9.17) is 27.9 Å². The van der Waals surface area contributed by atoms with Crippen molar-refractivity contribution >= 4 is 34.8 Å². The summed E-state index contributed by atoms with van der Waals surface area (Å²) >= 11 is 11.9. The van der Waals surface area contributed by atoms with Gasteiger partial charge in [-0.1, -0.05) is 41.4 Å². The molecule has 0 spiro atoms. The van der Waals surface area contributed by atoms with Gasteiger partial charge in [0.15, 0.2) is 0 Å². The molecule has 2 aromatic carbocycles. The Morgan fingerprint density at radius 1 is 1.13 bits per heavy atom. The number of benzene rings is 2. The van der Waals surface area contributed by atoms with Crippen LogP contribution in [0.25, 0.3) is 0 Å². The second-order valence-corrected chi connectivity index (χ2v) is 5.71. The van der Waals surface area contributed by atoms with E-state index in [1.807, 2.05) is 24.3 Å². The zero-order valence-electron chi connectivity index (χ0n) is 12.7. The van der Waals surface area contributed by atoms with Crippen LogP contribution in [0.15, 0.2) is 42.5 Å². The van der Waals surface area contributed by atoms with Crippen molar-refractivity contribution in [3.8, 4) is 5.75 Å². The van der Waals surface area contributed by atoms with Crippen molar-refractivity contribution in [2.45, 2.75) is 6.42 Å². The Kier molecular flexibility index (Phi) is 6.71. The molecule has 23 heavy (non-hydrogen) atoms. The second kappa shape index (κ2) is 8.77. The number of halogens is 2. The Bertz CT molecular complexity index is 660. The third-order valence-corrected chi connectivity index (χ3v) is 4.08. The minimum absolute atomic E-state index is 0.163. The van der Waals surface area contributed by atoms with Crippen LogP contribution in [-0.4, -0.2) is 26.1 Å². The van der Waals surface area contributed by atoms with Gasteiger partial charge in [-0.05, 0) is 42.8 Å². The lowest BCUT2D eigenvalue weighted by atomic mass is 10.1. The first-order valence-electron chi connectivity index (χ1n) is 7.17. The summed E-state index contributed by atoms with van der Waals surface area (Å²) < 4.78 is 5.11. The highest BCUT2D eigenvalue weighted by molar-refractivity contribution is 6.43. The minimum atomic E-state index is -0.163. The van der Waals surface area contributed by atoms with E-state index in [2.05, 4.69) is 10.6 Å². The number of anilines is 1. The Morgan fingerprint density at radius 3 is 2.57 bits per heavy atom. The van der Waals surface area contributed by atoms with Crippen LogP contribution in [0, 0.1) is 0 Å². The van der Waals surface area contributed by atoms with Crippen molar-refractivity contribution in [3.63, 3.8) is 0 Å². The summed E-state index contributed by atoms with van der Waals surface area (Å²) in [6.45, 7) is 0.905. The number of hydrogen-bond donors (Lipinski definition) is 2. The van der Waals surface area contributed by atoms with Crippen LogP contribution in [0.5, 0.6) is 5.75 Å². The van der Waals surface area contributed by atoms with Gasteiger partial charge in [-0.3, -0.25) is 4.79 Å². The summed E-state index contributed by atoms with van der Waals surface area (Å²) in [7, 11) is 1.64. The fourth-order valence-corrected chi connectivity index (χ4v) is 2.37. The van der Waals surface area contributed by atoms with Crippen molar-refractivity contribution < 1.29 is 9.53 Å². The van der Waals surface area contributed by atoms with Crippen molar-refractivity contribution in [3.05, 3.63) is 58.1 Å². The van der Waals surface area contributed by atoms with E-state index in [9.17, 15) is 4.79 Å². The molecule has 4 nitrogen and oxygen atoms in total. The number of amides is 1. The molecular formula is C17H18Cl2N2O2. The minimum Gasteiger partial charge on any atom is -0.497 e. The van der Waals surface area contributed by atoms with Crippen LogP contribution in [0.1, 0.15) is 5.56 Å². The van der Waals surface area contributed by atoms with Crippen LogP contribution in [0.3, 0.4) is 0 Å². The summed E-state index contributed by atoms with van der Waals surface area (Å²) in [6, 6.07) is 13.0. The fourth-order valence-electron chi connectivity index (χ4n) is 2.02. The first kappa shape index (κ1) is 17.6. The molecular weight excluding hydrogens is 335 g/mol. The molecule has 1 amide bonds.